The van der Waals surface area contributed by atoms with Crippen molar-refractivity contribution in [1.82, 2.24) is 14.9 Å². The van der Waals surface area contributed by atoms with Gasteiger partial charge in [-0.3, -0.25) is 9.78 Å². The second-order valence-electron chi connectivity index (χ2n) is 7.81. The highest BCUT2D eigenvalue weighted by Crippen LogP contribution is 2.38. The smallest absolute Gasteiger partial charge is 0.416 e. The highest BCUT2D eigenvalue weighted by atomic mass is 35.5. The molecule has 0 aliphatic carbocycles. The summed E-state index contributed by atoms with van der Waals surface area (Å²) in [6.45, 7) is 1.19. The first-order valence-corrected chi connectivity index (χ1v) is 10.9. The number of ether oxygens (including phenoxy) is 2. The molecule has 3 rings (SSSR count). The SMILES string of the molecule is COc1ccc(CN(C(=O)c2cc(C(F)(F)F)cc(C(F)(F)F)c2)C(C)c2nccnc2Cl)c(OC)c1. The zero-order chi connectivity index (χ0) is 27.5. The van der Waals surface area contributed by atoms with Crippen LogP contribution in [0.15, 0.2) is 48.8 Å². The quantitative estimate of drug-likeness (QED) is 0.312. The van der Waals surface area contributed by atoms with Gasteiger partial charge in [-0.2, -0.15) is 26.3 Å². The predicted octanol–water partition coefficient (Wildman–Crippen LogP) is 6.59. The monoisotopic (exact) mass is 547 g/mol. The van der Waals surface area contributed by atoms with Gasteiger partial charge in [0, 0.05) is 29.6 Å². The summed E-state index contributed by atoms with van der Waals surface area (Å²) < 4.78 is 91.1. The Balaban J connectivity index is 2.17. The molecule has 198 valence electrons. The van der Waals surface area contributed by atoms with Crippen molar-refractivity contribution in [2.45, 2.75) is 31.9 Å². The molecule has 1 amide bonds. The third kappa shape index (κ3) is 6.43. The third-order valence-corrected chi connectivity index (χ3v) is 5.76. The van der Waals surface area contributed by atoms with E-state index in [1.807, 2.05) is 0 Å². The summed E-state index contributed by atoms with van der Waals surface area (Å²) in [6.07, 6.45) is -7.67. The lowest BCUT2D eigenvalue weighted by molar-refractivity contribution is -0.143. The maximum absolute atomic E-state index is 13.6. The number of amides is 1. The minimum Gasteiger partial charge on any atom is -0.497 e. The summed E-state index contributed by atoms with van der Waals surface area (Å²) in [4.78, 5) is 22.6. The number of alkyl halides is 6. The second-order valence-corrected chi connectivity index (χ2v) is 8.17. The molecule has 0 spiro atoms. The van der Waals surface area contributed by atoms with Crippen molar-refractivity contribution in [3.05, 3.63) is 81.9 Å². The average Bonchev–Trinajstić information content (AvgIpc) is 2.85. The number of halogens is 7. The molecule has 1 aromatic heterocycles. The van der Waals surface area contributed by atoms with E-state index in [0.717, 1.165) is 4.90 Å². The Morgan fingerprint density at radius 1 is 0.946 bits per heavy atom. The van der Waals surface area contributed by atoms with Gasteiger partial charge >= 0.3 is 12.4 Å². The zero-order valence-corrected chi connectivity index (χ0v) is 20.4. The van der Waals surface area contributed by atoms with Crippen molar-refractivity contribution in [1.29, 1.82) is 0 Å². The minimum atomic E-state index is -5.12. The van der Waals surface area contributed by atoms with Crippen LogP contribution < -0.4 is 9.47 Å². The summed E-state index contributed by atoms with van der Waals surface area (Å²) in [7, 11) is 2.78. The highest BCUT2D eigenvalue weighted by Gasteiger charge is 2.38. The van der Waals surface area contributed by atoms with E-state index in [0.29, 0.717) is 23.4 Å². The molecule has 0 saturated carbocycles. The van der Waals surface area contributed by atoms with Gasteiger partial charge in [-0.15, -0.1) is 0 Å². The summed E-state index contributed by atoms with van der Waals surface area (Å²) >= 11 is 6.13. The van der Waals surface area contributed by atoms with Gasteiger partial charge in [0.2, 0.25) is 0 Å². The topological polar surface area (TPSA) is 64.5 Å². The number of hydrogen-bond donors (Lipinski definition) is 0. The van der Waals surface area contributed by atoms with Gasteiger partial charge in [-0.1, -0.05) is 11.6 Å². The fourth-order valence-electron chi connectivity index (χ4n) is 3.55. The first-order valence-electron chi connectivity index (χ1n) is 10.5. The Hall–Kier alpha value is -3.54. The summed E-state index contributed by atoms with van der Waals surface area (Å²) in [5.41, 5.74) is -3.56. The molecule has 13 heteroatoms. The maximum atomic E-state index is 13.6. The van der Waals surface area contributed by atoms with E-state index in [2.05, 4.69) is 9.97 Å². The van der Waals surface area contributed by atoms with Crippen LogP contribution in [0.4, 0.5) is 26.3 Å². The zero-order valence-electron chi connectivity index (χ0n) is 19.6. The lowest BCUT2D eigenvalue weighted by atomic mass is 10.0. The largest absolute Gasteiger partial charge is 0.497 e. The first kappa shape index (κ1) is 28.0. The molecule has 0 fully saturated rings. The number of benzene rings is 2. The van der Waals surface area contributed by atoms with E-state index < -0.39 is 41.0 Å². The van der Waals surface area contributed by atoms with Crippen molar-refractivity contribution < 1.29 is 40.6 Å². The van der Waals surface area contributed by atoms with Gasteiger partial charge in [-0.25, -0.2) is 4.98 Å². The highest BCUT2D eigenvalue weighted by molar-refractivity contribution is 6.30. The summed E-state index contributed by atoms with van der Waals surface area (Å²) in [5, 5.41) is -0.0884. The van der Waals surface area contributed by atoms with Gasteiger partial charge in [0.05, 0.1) is 43.6 Å². The van der Waals surface area contributed by atoms with Crippen LogP contribution in [0.3, 0.4) is 0 Å². The predicted molar refractivity (Wildman–Crippen MR) is 121 cm³/mol. The van der Waals surface area contributed by atoms with Crippen LogP contribution in [-0.4, -0.2) is 35.0 Å². The average molecular weight is 548 g/mol. The fraction of sp³-hybridized carbons (Fsp3) is 0.292. The molecule has 37 heavy (non-hydrogen) atoms. The van der Waals surface area contributed by atoms with Crippen LogP contribution in [-0.2, 0) is 18.9 Å². The van der Waals surface area contributed by atoms with Gasteiger partial charge < -0.3 is 14.4 Å². The molecule has 2 aromatic carbocycles. The number of carbonyl (C=O) groups is 1. The number of carbonyl (C=O) groups excluding carboxylic acids is 1. The number of hydrogen-bond acceptors (Lipinski definition) is 5. The number of rotatable bonds is 7. The minimum absolute atomic E-state index is 0.0451. The molecule has 0 N–H and O–H groups in total. The fourth-order valence-corrected chi connectivity index (χ4v) is 3.82. The Morgan fingerprint density at radius 3 is 2.05 bits per heavy atom. The molecule has 0 aliphatic rings. The van der Waals surface area contributed by atoms with E-state index in [4.69, 9.17) is 21.1 Å². The second kappa shape index (κ2) is 10.8. The van der Waals surface area contributed by atoms with Crippen molar-refractivity contribution in [2.24, 2.45) is 0 Å². The maximum Gasteiger partial charge on any atom is 0.416 e. The van der Waals surface area contributed by atoms with Crippen LogP contribution in [0.25, 0.3) is 0 Å². The first-order chi connectivity index (χ1) is 17.3. The summed E-state index contributed by atoms with van der Waals surface area (Å²) in [5.74, 6) is -0.422. The normalized spacial score (nSPS) is 12.7. The van der Waals surface area contributed by atoms with Crippen LogP contribution >= 0.6 is 11.6 Å². The molecule has 0 bridgehead atoms. The Morgan fingerprint density at radius 2 is 1.54 bits per heavy atom. The molecular formula is C24H20ClF6N3O3. The van der Waals surface area contributed by atoms with Crippen molar-refractivity contribution in [3.8, 4) is 11.5 Å². The van der Waals surface area contributed by atoms with E-state index in [1.54, 1.807) is 12.1 Å². The van der Waals surface area contributed by atoms with Crippen molar-refractivity contribution >= 4 is 17.5 Å². The van der Waals surface area contributed by atoms with E-state index >= 15 is 0 Å². The molecule has 0 radical (unpaired) electrons. The van der Waals surface area contributed by atoms with Crippen LogP contribution in [0.5, 0.6) is 11.5 Å². The lowest BCUT2D eigenvalue weighted by Crippen LogP contribution is -2.34. The van der Waals surface area contributed by atoms with Gasteiger partial charge in [0.1, 0.15) is 11.5 Å². The molecule has 1 heterocycles. The molecule has 0 aliphatic heterocycles. The van der Waals surface area contributed by atoms with Gasteiger partial charge in [0.25, 0.3) is 5.91 Å². The Kier molecular flexibility index (Phi) is 8.21. The Labute approximate surface area is 212 Å². The number of nitrogens with zero attached hydrogens (tertiary/aromatic N) is 3. The van der Waals surface area contributed by atoms with Crippen molar-refractivity contribution in [3.63, 3.8) is 0 Å². The summed E-state index contributed by atoms with van der Waals surface area (Å²) in [6, 6.07) is 4.33. The lowest BCUT2D eigenvalue weighted by Gasteiger charge is -2.30. The van der Waals surface area contributed by atoms with Gasteiger partial charge in [0.15, 0.2) is 5.15 Å². The Bertz CT molecular complexity index is 1250. The number of methoxy groups -OCH3 is 2. The molecular weight excluding hydrogens is 528 g/mol. The van der Waals surface area contributed by atoms with Crippen molar-refractivity contribution in [2.75, 3.05) is 14.2 Å². The molecule has 1 unspecified atom stereocenters. The standard InChI is InChI=1S/C24H20ClF6N3O3/c1-13(20-21(25)33-7-6-32-20)34(12-14-4-5-18(36-2)11-19(14)37-3)22(35)15-8-16(23(26,27)28)10-17(9-15)24(29,30)31/h4-11,13H,12H2,1-3H3. The van der Waals surface area contributed by atoms with Crippen LogP contribution in [0.2, 0.25) is 5.15 Å². The van der Waals surface area contributed by atoms with Crippen LogP contribution in [0, 0.1) is 0 Å². The number of aromatic nitrogens is 2. The molecule has 6 nitrogen and oxygen atoms in total. The molecule has 0 saturated heterocycles. The third-order valence-electron chi connectivity index (χ3n) is 5.47. The van der Waals surface area contributed by atoms with Gasteiger partial charge in [-0.05, 0) is 37.3 Å². The van der Waals surface area contributed by atoms with E-state index in [-0.39, 0.29) is 29.2 Å². The van der Waals surface area contributed by atoms with E-state index in [1.165, 1.54) is 39.6 Å². The molecule has 1 atom stereocenters. The van der Waals surface area contributed by atoms with Crippen LogP contribution in [0.1, 0.15) is 45.7 Å². The van der Waals surface area contributed by atoms with E-state index in [9.17, 15) is 31.1 Å². The molecule has 3 aromatic rings.